The third-order valence-electron chi connectivity index (χ3n) is 3.10. The number of nitrogens with zero attached hydrogens (tertiary/aromatic N) is 2. The zero-order valence-corrected chi connectivity index (χ0v) is 9.70. The minimum Gasteiger partial charge on any atom is -0.356 e. The summed E-state index contributed by atoms with van der Waals surface area (Å²) in [6.45, 7) is 3.93. The number of hydrogen-bond donors (Lipinski definition) is 1. The van der Waals surface area contributed by atoms with Crippen molar-refractivity contribution in [1.82, 2.24) is 9.55 Å². The van der Waals surface area contributed by atoms with Crippen LogP contribution in [0.3, 0.4) is 0 Å². The summed E-state index contributed by atoms with van der Waals surface area (Å²) in [5.74, 6) is 0.719. The number of rotatable bonds is 1. The van der Waals surface area contributed by atoms with Crippen molar-refractivity contribution in [3.8, 4) is 11.3 Å². The lowest BCUT2D eigenvalue weighted by molar-refractivity contribution is 0.626. The molecule has 0 unspecified atom stereocenters. The van der Waals surface area contributed by atoms with E-state index in [9.17, 15) is 4.39 Å². The molecule has 0 aliphatic carbocycles. The molecule has 2 heterocycles. The smallest absolute Gasteiger partial charge is 0.203 e. The van der Waals surface area contributed by atoms with Gasteiger partial charge in [-0.15, -0.1) is 0 Å². The van der Waals surface area contributed by atoms with Crippen molar-refractivity contribution < 1.29 is 4.39 Å². The highest BCUT2D eigenvalue weighted by molar-refractivity contribution is 5.65. The Hall–Kier alpha value is -1.84. The highest BCUT2D eigenvalue weighted by Gasteiger charge is 2.18. The minimum atomic E-state index is -0.206. The third kappa shape index (κ3) is 1.69. The van der Waals surface area contributed by atoms with Gasteiger partial charge in [-0.3, -0.25) is 0 Å². The average molecular weight is 231 g/mol. The predicted octanol–water partition coefficient (Wildman–Crippen LogP) is 2.81. The molecular weight excluding hydrogens is 217 g/mol. The Labute approximate surface area is 99.3 Å². The molecular formula is C13H14FN3. The standard InChI is InChI=1S/C13H14FN3/c1-9-12(10-3-5-11(14)6-4-10)17-8-2-7-15-13(17)16-9/h3-6H,2,7-8H2,1H3,(H,15,16). The summed E-state index contributed by atoms with van der Waals surface area (Å²) in [4.78, 5) is 4.51. The van der Waals surface area contributed by atoms with Crippen LogP contribution in [0, 0.1) is 12.7 Å². The van der Waals surface area contributed by atoms with Gasteiger partial charge in [-0.25, -0.2) is 9.37 Å². The molecule has 3 nitrogen and oxygen atoms in total. The minimum absolute atomic E-state index is 0.206. The monoisotopic (exact) mass is 231 g/mol. The average Bonchev–Trinajstić information content (AvgIpc) is 2.66. The highest BCUT2D eigenvalue weighted by atomic mass is 19.1. The number of halogens is 1. The van der Waals surface area contributed by atoms with E-state index in [1.54, 1.807) is 12.1 Å². The van der Waals surface area contributed by atoms with Crippen LogP contribution in [0.25, 0.3) is 11.3 Å². The van der Waals surface area contributed by atoms with Gasteiger partial charge in [-0.2, -0.15) is 0 Å². The van der Waals surface area contributed by atoms with Crippen LogP contribution >= 0.6 is 0 Å². The van der Waals surface area contributed by atoms with Gasteiger partial charge < -0.3 is 9.88 Å². The van der Waals surface area contributed by atoms with Gasteiger partial charge in [-0.05, 0) is 37.6 Å². The molecule has 0 radical (unpaired) electrons. The molecule has 4 heteroatoms. The first-order chi connectivity index (χ1) is 8.25. The maximum atomic E-state index is 12.9. The fourth-order valence-corrected chi connectivity index (χ4v) is 2.34. The lowest BCUT2D eigenvalue weighted by atomic mass is 10.1. The number of benzene rings is 1. The lowest BCUT2D eigenvalue weighted by Gasteiger charge is -2.18. The summed E-state index contributed by atoms with van der Waals surface area (Å²) in [6, 6.07) is 6.60. The zero-order chi connectivity index (χ0) is 11.8. The molecule has 1 aromatic heterocycles. The molecule has 0 saturated heterocycles. The van der Waals surface area contributed by atoms with E-state index >= 15 is 0 Å². The van der Waals surface area contributed by atoms with Crippen LogP contribution in [-0.4, -0.2) is 16.1 Å². The Morgan fingerprint density at radius 2 is 2.06 bits per heavy atom. The van der Waals surface area contributed by atoms with Crippen LogP contribution in [0.1, 0.15) is 12.1 Å². The number of nitrogens with one attached hydrogen (secondary N) is 1. The first-order valence-corrected chi connectivity index (χ1v) is 5.82. The lowest BCUT2D eigenvalue weighted by Crippen LogP contribution is -2.17. The van der Waals surface area contributed by atoms with Crippen molar-refractivity contribution in [1.29, 1.82) is 0 Å². The number of hydrogen-bond acceptors (Lipinski definition) is 2. The van der Waals surface area contributed by atoms with Crippen LogP contribution in [0.4, 0.5) is 10.3 Å². The first-order valence-electron chi connectivity index (χ1n) is 5.82. The maximum absolute atomic E-state index is 12.9. The topological polar surface area (TPSA) is 29.9 Å². The van der Waals surface area contributed by atoms with E-state index in [0.717, 1.165) is 42.4 Å². The number of aryl methyl sites for hydroxylation is 1. The van der Waals surface area contributed by atoms with E-state index in [2.05, 4.69) is 14.9 Å². The van der Waals surface area contributed by atoms with Crippen molar-refractivity contribution in [3.05, 3.63) is 35.8 Å². The van der Waals surface area contributed by atoms with Gasteiger partial charge in [0.15, 0.2) is 0 Å². The van der Waals surface area contributed by atoms with Gasteiger partial charge in [0.1, 0.15) is 5.82 Å². The van der Waals surface area contributed by atoms with Gasteiger partial charge in [0, 0.05) is 18.7 Å². The van der Waals surface area contributed by atoms with Crippen molar-refractivity contribution in [2.24, 2.45) is 0 Å². The molecule has 2 aromatic rings. The van der Waals surface area contributed by atoms with Crippen LogP contribution in [0.15, 0.2) is 24.3 Å². The van der Waals surface area contributed by atoms with Crippen LogP contribution in [0.2, 0.25) is 0 Å². The summed E-state index contributed by atoms with van der Waals surface area (Å²) in [5, 5.41) is 3.28. The molecule has 0 spiro atoms. The SMILES string of the molecule is Cc1nc2n(c1-c1ccc(F)cc1)CCCN2. The molecule has 0 bridgehead atoms. The van der Waals surface area contributed by atoms with Gasteiger partial charge >= 0.3 is 0 Å². The molecule has 1 aromatic carbocycles. The quantitative estimate of drug-likeness (QED) is 0.817. The van der Waals surface area contributed by atoms with Gasteiger partial charge in [-0.1, -0.05) is 0 Å². The van der Waals surface area contributed by atoms with Gasteiger partial charge in [0.25, 0.3) is 0 Å². The number of imidazole rings is 1. The molecule has 1 N–H and O–H groups in total. The van der Waals surface area contributed by atoms with Crippen LogP contribution < -0.4 is 5.32 Å². The molecule has 3 rings (SSSR count). The molecule has 0 atom stereocenters. The summed E-state index contributed by atoms with van der Waals surface area (Å²) in [5.41, 5.74) is 3.10. The molecule has 1 aliphatic rings. The first kappa shape index (κ1) is 10.3. The highest BCUT2D eigenvalue weighted by Crippen LogP contribution is 2.29. The normalized spacial score (nSPS) is 14.2. The molecule has 88 valence electrons. The van der Waals surface area contributed by atoms with E-state index in [1.807, 2.05) is 6.92 Å². The van der Waals surface area contributed by atoms with Gasteiger partial charge in [0.2, 0.25) is 5.95 Å². The second-order valence-electron chi connectivity index (χ2n) is 4.31. The number of anilines is 1. The van der Waals surface area contributed by atoms with Gasteiger partial charge in [0.05, 0.1) is 11.4 Å². The Morgan fingerprint density at radius 3 is 2.82 bits per heavy atom. The fourth-order valence-electron chi connectivity index (χ4n) is 2.34. The van der Waals surface area contributed by atoms with Crippen molar-refractivity contribution in [3.63, 3.8) is 0 Å². The van der Waals surface area contributed by atoms with E-state index in [0.29, 0.717) is 0 Å². The zero-order valence-electron chi connectivity index (χ0n) is 9.70. The van der Waals surface area contributed by atoms with Crippen LogP contribution in [-0.2, 0) is 6.54 Å². The van der Waals surface area contributed by atoms with Crippen molar-refractivity contribution in [2.75, 3.05) is 11.9 Å². The molecule has 0 amide bonds. The summed E-state index contributed by atoms with van der Waals surface area (Å²) < 4.78 is 15.1. The van der Waals surface area contributed by atoms with Crippen LogP contribution in [0.5, 0.6) is 0 Å². The van der Waals surface area contributed by atoms with E-state index in [4.69, 9.17) is 0 Å². The largest absolute Gasteiger partial charge is 0.356 e. The number of aromatic nitrogens is 2. The maximum Gasteiger partial charge on any atom is 0.203 e. The molecule has 17 heavy (non-hydrogen) atoms. The molecule has 0 saturated carbocycles. The van der Waals surface area contributed by atoms with Crippen molar-refractivity contribution in [2.45, 2.75) is 19.9 Å². The Balaban J connectivity index is 2.13. The van der Waals surface area contributed by atoms with E-state index in [1.165, 1.54) is 12.1 Å². The Morgan fingerprint density at radius 1 is 1.29 bits per heavy atom. The summed E-state index contributed by atoms with van der Waals surface area (Å²) in [7, 11) is 0. The second kappa shape index (κ2) is 3.87. The predicted molar refractivity (Wildman–Crippen MR) is 65.5 cm³/mol. The molecule has 1 aliphatic heterocycles. The molecule has 0 fully saturated rings. The fraction of sp³-hybridized carbons (Fsp3) is 0.308. The summed E-state index contributed by atoms with van der Waals surface area (Å²) in [6.07, 6.45) is 1.09. The second-order valence-corrected chi connectivity index (χ2v) is 4.31. The Kier molecular flexibility index (Phi) is 2.35. The van der Waals surface area contributed by atoms with E-state index in [-0.39, 0.29) is 5.82 Å². The third-order valence-corrected chi connectivity index (χ3v) is 3.10. The summed E-state index contributed by atoms with van der Waals surface area (Å²) >= 11 is 0. The number of fused-ring (bicyclic) bond motifs is 1. The Bertz CT molecular complexity index is 543. The van der Waals surface area contributed by atoms with Crippen molar-refractivity contribution >= 4 is 5.95 Å². The van der Waals surface area contributed by atoms with E-state index < -0.39 is 0 Å².